The minimum atomic E-state index is 0.346. The molecular formula is C10H15N5. The van der Waals surface area contributed by atoms with Crippen molar-refractivity contribution >= 4 is 11.6 Å². The van der Waals surface area contributed by atoms with Crippen molar-refractivity contribution in [3.8, 4) is 0 Å². The minimum Gasteiger partial charge on any atom is -0.383 e. The topological polar surface area (TPSA) is 69.1 Å². The summed E-state index contributed by atoms with van der Waals surface area (Å²) >= 11 is 0. The Balaban J connectivity index is 2.65. The lowest BCUT2D eigenvalue weighted by molar-refractivity contribution is 0.808. The predicted octanol–water partition coefficient (Wildman–Crippen LogP) is 1.39. The number of nitrogens with two attached hydrogens (primary N) is 1. The third kappa shape index (κ3) is 1.65. The van der Waals surface area contributed by atoms with E-state index in [9.17, 15) is 0 Å². The zero-order valence-electron chi connectivity index (χ0n) is 9.23. The van der Waals surface area contributed by atoms with Crippen molar-refractivity contribution in [2.75, 3.05) is 5.73 Å². The number of hydrogen-bond acceptors (Lipinski definition) is 4. The monoisotopic (exact) mass is 205 g/mol. The van der Waals surface area contributed by atoms with Crippen LogP contribution in [0.5, 0.6) is 0 Å². The number of aromatic nitrogens is 4. The molecule has 2 aromatic heterocycles. The summed E-state index contributed by atoms with van der Waals surface area (Å²) in [5.74, 6) is 2.31. The van der Waals surface area contributed by atoms with Crippen LogP contribution in [-0.4, -0.2) is 19.6 Å². The van der Waals surface area contributed by atoms with Gasteiger partial charge in [0, 0.05) is 12.5 Å². The summed E-state index contributed by atoms with van der Waals surface area (Å²) in [7, 11) is 0. The minimum absolute atomic E-state index is 0.346. The second-order valence-electron chi connectivity index (χ2n) is 3.85. The molecule has 5 heteroatoms. The highest BCUT2D eigenvalue weighted by molar-refractivity contribution is 5.42. The molecule has 2 N–H and O–H groups in total. The predicted molar refractivity (Wildman–Crippen MR) is 58.7 cm³/mol. The molecule has 0 saturated heterocycles. The van der Waals surface area contributed by atoms with Gasteiger partial charge < -0.3 is 5.73 Å². The number of nitrogen functional groups attached to an aromatic ring is 1. The molecule has 80 valence electrons. The fourth-order valence-electron chi connectivity index (χ4n) is 1.40. The molecule has 5 nitrogen and oxygen atoms in total. The maximum Gasteiger partial charge on any atom is 0.254 e. The summed E-state index contributed by atoms with van der Waals surface area (Å²) in [5, 5.41) is 4.25. The van der Waals surface area contributed by atoms with Crippen molar-refractivity contribution in [3.05, 3.63) is 17.6 Å². The summed E-state index contributed by atoms with van der Waals surface area (Å²) < 4.78 is 1.59. The summed E-state index contributed by atoms with van der Waals surface area (Å²) in [6, 6.07) is 1.85. The van der Waals surface area contributed by atoms with Crippen molar-refractivity contribution in [2.45, 2.75) is 33.1 Å². The number of rotatable bonds is 2. The second-order valence-corrected chi connectivity index (χ2v) is 3.85. The quantitative estimate of drug-likeness (QED) is 0.804. The van der Waals surface area contributed by atoms with E-state index in [1.54, 1.807) is 4.52 Å². The molecule has 0 aliphatic rings. The number of nitrogens with zero attached hydrogens (tertiary/aromatic N) is 4. The van der Waals surface area contributed by atoms with E-state index in [4.69, 9.17) is 5.73 Å². The zero-order valence-corrected chi connectivity index (χ0v) is 9.23. The first-order valence-electron chi connectivity index (χ1n) is 5.14. The van der Waals surface area contributed by atoms with E-state index in [0.717, 1.165) is 17.9 Å². The molecule has 2 heterocycles. The normalized spacial score (nSPS) is 11.5. The Kier molecular flexibility index (Phi) is 2.30. The van der Waals surface area contributed by atoms with Crippen LogP contribution in [0.1, 0.15) is 38.2 Å². The van der Waals surface area contributed by atoms with Crippen molar-refractivity contribution in [2.24, 2.45) is 0 Å². The highest BCUT2D eigenvalue weighted by Crippen LogP contribution is 2.15. The van der Waals surface area contributed by atoms with Crippen LogP contribution in [0.4, 0.5) is 5.82 Å². The summed E-state index contributed by atoms with van der Waals surface area (Å²) in [4.78, 5) is 8.71. The van der Waals surface area contributed by atoms with E-state index < -0.39 is 0 Å². The molecule has 0 spiro atoms. The van der Waals surface area contributed by atoms with Crippen LogP contribution in [0.15, 0.2) is 6.07 Å². The molecule has 0 atom stereocenters. The SMILES string of the molecule is CCc1nc2nc(C(C)C)cc(N)n2n1. The van der Waals surface area contributed by atoms with Gasteiger partial charge in [-0.05, 0) is 5.92 Å². The van der Waals surface area contributed by atoms with E-state index >= 15 is 0 Å². The van der Waals surface area contributed by atoms with E-state index in [1.165, 1.54) is 0 Å². The largest absolute Gasteiger partial charge is 0.383 e. The number of anilines is 1. The zero-order chi connectivity index (χ0) is 11.0. The number of aryl methyl sites for hydroxylation is 1. The maximum absolute atomic E-state index is 5.88. The smallest absolute Gasteiger partial charge is 0.254 e. The number of fused-ring (bicyclic) bond motifs is 1. The molecule has 2 aromatic rings. The van der Waals surface area contributed by atoms with Gasteiger partial charge in [-0.2, -0.15) is 9.50 Å². The molecule has 0 bridgehead atoms. The molecule has 0 fully saturated rings. The molecule has 0 aliphatic heterocycles. The molecule has 2 rings (SSSR count). The first kappa shape index (κ1) is 9.89. The first-order valence-corrected chi connectivity index (χ1v) is 5.14. The highest BCUT2D eigenvalue weighted by Gasteiger charge is 2.09. The van der Waals surface area contributed by atoms with E-state index in [1.807, 2.05) is 13.0 Å². The van der Waals surface area contributed by atoms with Gasteiger partial charge in [-0.1, -0.05) is 20.8 Å². The van der Waals surface area contributed by atoms with Gasteiger partial charge in [0.1, 0.15) is 5.82 Å². The molecule has 0 amide bonds. The summed E-state index contributed by atoms with van der Waals surface area (Å²) in [5.41, 5.74) is 6.84. The van der Waals surface area contributed by atoms with Crippen LogP contribution < -0.4 is 5.73 Å². The van der Waals surface area contributed by atoms with Crippen molar-refractivity contribution < 1.29 is 0 Å². The molecule has 0 aliphatic carbocycles. The Labute approximate surface area is 88.3 Å². The van der Waals surface area contributed by atoms with Gasteiger partial charge in [0.25, 0.3) is 5.78 Å². The molecule has 0 radical (unpaired) electrons. The third-order valence-electron chi connectivity index (χ3n) is 2.31. The van der Waals surface area contributed by atoms with Gasteiger partial charge >= 0.3 is 0 Å². The molecule has 0 unspecified atom stereocenters. The Morgan fingerprint density at radius 3 is 2.73 bits per heavy atom. The van der Waals surface area contributed by atoms with Gasteiger partial charge in [-0.15, -0.1) is 5.10 Å². The van der Waals surface area contributed by atoms with Gasteiger partial charge in [0.05, 0.1) is 5.69 Å². The molecular weight excluding hydrogens is 190 g/mol. The summed E-state index contributed by atoms with van der Waals surface area (Å²) in [6.45, 7) is 6.17. The maximum atomic E-state index is 5.88. The fraction of sp³-hybridized carbons (Fsp3) is 0.500. The molecule has 0 saturated carbocycles. The first-order chi connectivity index (χ1) is 7.11. The lowest BCUT2D eigenvalue weighted by atomic mass is 10.1. The Hall–Kier alpha value is -1.65. The second kappa shape index (κ2) is 3.49. The van der Waals surface area contributed by atoms with Gasteiger partial charge in [-0.25, -0.2) is 4.98 Å². The summed E-state index contributed by atoms with van der Waals surface area (Å²) in [6.07, 6.45) is 0.791. The Morgan fingerprint density at radius 2 is 2.13 bits per heavy atom. The van der Waals surface area contributed by atoms with Crippen molar-refractivity contribution in [3.63, 3.8) is 0 Å². The molecule has 0 aromatic carbocycles. The average Bonchev–Trinajstić information content (AvgIpc) is 2.61. The van der Waals surface area contributed by atoms with Gasteiger partial charge in [0.15, 0.2) is 5.82 Å². The van der Waals surface area contributed by atoms with Crippen LogP contribution in [0, 0.1) is 0 Å². The van der Waals surface area contributed by atoms with E-state index in [2.05, 4.69) is 28.9 Å². The fourth-order valence-corrected chi connectivity index (χ4v) is 1.40. The van der Waals surface area contributed by atoms with Crippen LogP contribution >= 0.6 is 0 Å². The Morgan fingerprint density at radius 1 is 1.40 bits per heavy atom. The van der Waals surface area contributed by atoms with Crippen LogP contribution in [-0.2, 0) is 6.42 Å². The van der Waals surface area contributed by atoms with Crippen LogP contribution in [0.2, 0.25) is 0 Å². The number of hydrogen-bond donors (Lipinski definition) is 1. The van der Waals surface area contributed by atoms with Crippen LogP contribution in [0.3, 0.4) is 0 Å². The van der Waals surface area contributed by atoms with Gasteiger partial charge in [-0.3, -0.25) is 0 Å². The van der Waals surface area contributed by atoms with Gasteiger partial charge in [0.2, 0.25) is 0 Å². The molecule has 15 heavy (non-hydrogen) atoms. The Bertz CT molecular complexity index is 486. The van der Waals surface area contributed by atoms with Crippen molar-refractivity contribution in [1.29, 1.82) is 0 Å². The third-order valence-corrected chi connectivity index (χ3v) is 2.31. The standard InChI is InChI=1S/C10H15N5/c1-4-9-13-10-12-7(6(2)3)5-8(11)15(10)14-9/h5-6H,4,11H2,1-3H3. The lowest BCUT2D eigenvalue weighted by Crippen LogP contribution is -2.04. The van der Waals surface area contributed by atoms with E-state index in [0.29, 0.717) is 17.5 Å². The average molecular weight is 205 g/mol. The van der Waals surface area contributed by atoms with E-state index in [-0.39, 0.29) is 0 Å². The van der Waals surface area contributed by atoms with Crippen molar-refractivity contribution in [1.82, 2.24) is 19.6 Å². The van der Waals surface area contributed by atoms with Crippen LogP contribution in [0.25, 0.3) is 5.78 Å². The highest BCUT2D eigenvalue weighted by atomic mass is 15.3. The lowest BCUT2D eigenvalue weighted by Gasteiger charge is -2.05.